The fourth-order valence-electron chi connectivity index (χ4n) is 3.01. The van der Waals surface area contributed by atoms with Crippen molar-refractivity contribution in [1.29, 1.82) is 0 Å². The van der Waals surface area contributed by atoms with E-state index in [1.165, 1.54) is 0 Å². The van der Waals surface area contributed by atoms with Crippen LogP contribution in [-0.4, -0.2) is 67.1 Å². The smallest absolute Gasteiger partial charge is 0.254 e. The zero-order valence-corrected chi connectivity index (χ0v) is 16.6. The van der Waals surface area contributed by atoms with E-state index in [9.17, 15) is 9.59 Å². The number of carbonyl (C=O) groups excluding carboxylic acids is 2. The molecule has 1 unspecified atom stereocenters. The van der Waals surface area contributed by atoms with Crippen LogP contribution in [0.15, 0.2) is 18.2 Å². The van der Waals surface area contributed by atoms with Crippen LogP contribution in [0, 0.1) is 6.92 Å². The number of nitrogens with one attached hydrogen (secondary N) is 2. The van der Waals surface area contributed by atoms with Gasteiger partial charge in [-0.05, 0) is 24.6 Å². The maximum atomic E-state index is 12.6. The summed E-state index contributed by atoms with van der Waals surface area (Å²) in [5.74, 6) is 2.04. The van der Waals surface area contributed by atoms with E-state index in [4.69, 9.17) is 4.74 Å². The van der Waals surface area contributed by atoms with Gasteiger partial charge < -0.3 is 20.3 Å². The average molecular weight is 400 g/mol. The summed E-state index contributed by atoms with van der Waals surface area (Å²) in [5.41, 5.74) is 2.28. The molecule has 2 saturated heterocycles. The van der Waals surface area contributed by atoms with Crippen molar-refractivity contribution < 1.29 is 14.3 Å². The number of rotatable bonds is 4. The molecule has 2 aliphatic heterocycles. The van der Waals surface area contributed by atoms with Crippen LogP contribution in [0.3, 0.4) is 0 Å². The first kappa shape index (κ1) is 21.0. The molecule has 8 heteroatoms. The van der Waals surface area contributed by atoms with E-state index in [1.807, 2.05) is 30.8 Å². The molecule has 3 rings (SSSR count). The maximum Gasteiger partial charge on any atom is 0.254 e. The van der Waals surface area contributed by atoms with Gasteiger partial charge in [0.05, 0.1) is 13.2 Å². The molecule has 1 aromatic rings. The van der Waals surface area contributed by atoms with E-state index in [1.54, 1.807) is 11.0 Å². The molecule has 1 aromatic carbocycles. The number of morpholine rings is 1. The Labute approximate surface area is 164 Å². The summed E-state index contributed by atoms with van der Waals surface area (Å²) < 4.78 is 5.29. The van der Waals surface area contributed by atoms with Gasteiger partial charge in [-0.15, -0.1) is 12.4 Å². The number of nitrogens with zero attached hydrogens (tertiary/aromatic N) is 1. The molecule has 0 radical (unpaired) electrons. The third-order valence-corrected chi connectivity index (χ3v) is 5.62. The van der Waals surface area contributed by atoms with Gasteiger partial charge in [0.1, 0.15) is 0 Å². The van der Waals surface area contributed by atoms with Crippen LogP contribution < -0.4 is 10.6 Å². The second kappa shape index (κ2) is 10.2. The van der Waals surface area contributed by atoms with Crippen molar-refractivity contribution >= 4 is 41.7 Å². The molecule has 0 aliphatic carbocycles. The average Bonchev–Trinajstić information content (AvgIpc) is 2.64. The number of ether oxygens (including phenoxy) is 1. The van der Waals surface area contributed by atoms with Crippen molar-refractivity contribution in [1.82, 2.24) is 10.2 Å². The minimum atomic E-state index is -0.0147. The van der Waals surface area contributed by atoms with Crippen LogP contribution in [0.2, 0.25) is 0 Å². The second-order valence-corrected chi connectivity index (χ2v) is 7.56. The molecule has 2 amide bonds. The number of anilines is 1. The van der Waals surface area contributed by atoms with E-state index in [2.05, 4.69) is 10.6 Å². The van der Waals surface area contributed by atoms with Gasteiger partial charge >= 0.3 is 0 Å². The summed E-state index contributed by atoms with van der Waals surface area (Å²) in [6.45, 7) is 5.26. The molecule has 0 bridgehead atoms. The van der Waals surface area contributed by atoms with Crippen LogP contribution in [0.1, 0.15) is 22.3 Å². The molecule has 26 heavy (non-hydrogen) atoms. The number of hydrogen-bond acceptors (Lipinski definition) is 5. The highest BCUT2D eigenvalue weighted by molar-refractivity contribution is 7.99. The second-order valence-electron chi connectivity index (χ2n) is 6.41. The molecule has 0 saturated carbocycles. The Balaban J connectivity index is 0.00000243. The van der Waals surface area contributed by atoms with Gasteiger partial charge in [0.25, 0.3) is 5.91 Å². The predicted octanol–water partition coefficient (Wildman–Crippen LogP) is 1.92. The van der Waals surface area contributed by atoms with Crippen molar-refractivity contribution in [3.05, 3.63) is 29.3 Å². The lowest BCUT2D eigenvalue weighted by Gasteiger charge is -2.27. The number of halogens is 1. The molecule has 2 N–H and O–H groups in total. The Kier molecular flexibility index (Phi) is 8.21. The van der Waals surface area contributed by atoms with Crippen molar-refractivity contribution in [3.63, 3.8) is 0 Å². The zero-order valence-electron chi connectivity index (χ0n) is 15.0. The van der Waals surface area contributed by atoms with Crippen molar-refractivity contribution in [3.8, 4) is 0 Å². The molecule has 0 aromatic heterocycles. The first-order valence-electron chi connectivity index (χ1n) is 8.72. The number of hydrogen-bond donors (Lipinski definition) is 2. The predicted molar refractivity (Wildman–Crippen MR) is 108 cm³/mol. The van der Waals surface area contributed by atoms with Gasteiger partial charge in [-0.3, -0.25) is 9.59 Å². The van der Waals surface area contributed by atoms with E-state index >= 15 is 0 Å². The van der Waals surface area contributed by atoms with Gasteiger partial charge in [0.15, 0.2) is 0 Å². The van der Waals surface area contributed by atoms with E-state index in [0.717, 1.165) is 23.6 Å². The van der Waals surface area contributed by atoms with Crippen molar-refractivity contribution in [2.45, 2.75) is 19.4 Å². The van der Waals surface area contributed by atoms with E-state index in [0.29, 0.717) is 44.0 Å². The quantitative estimate of drug-likeness (QED) is 0.809. The largest absolute Gasteiger partial charge is 0.378 e. The van der Waals surface area contributed by atoms with E-state index < -0.39 is 0 Å². The normalized spacial score (nSPS) is 20.2. The topological polar surface area (TPSA) is 70.7 Å². The molecular weight excluding hydrogens is 374 g/mol. The maximum absolute atomic E-state index is 12.6. The molecule has 2 fully saturated rings. The monoisotopic (exact) mass is 399 g/mol. The lowest BCUT2D eigenvalue weighted by molar-refractivity contribution is -0.116. The minimum Gasteiger partial charge on any atom is -0.378 e. The first-order chi connectivity index (χ1) is 12.1. The Morgan fingerprint density at radius 1 is 1.35 bits per heavy atom. The Hall–Kier alpha value is -1.28. The third-order valence-electron chi connectivity index (χ3n) is 4.49. The molecular formula is C18H26ClN3O3S. The molecule has 2 aliphatic rings. The highest BCUT2D eigenvalue weighted by Crippen LogP contribution is 2.20. The number of amides is 2. The van der Waals surface area contributed by atoms with Gasteiger partial charge in [-0.2, -0.15) is 11.8 Å². The van der Waals surface area contributed by atoms with Gasteiger partial charge in [-0.1, -0.05) is 6.07 Å². The highest BCUT2D eigenvalue weighted by Gasteiger charge is 2.20. The summed E-state index contributed by atoms with van der Waals surface area (Å²) in [4.78, 5) is 26.7. The highest BCUT2D eigenvalue weighted by atomic mass is 35.5. The fraction of sp³-hybridized carbons (Fsp3) is 0.556. The fourth-order valence-corrected chi connectivity index (χ4v) is 3.96. The SMILES string of the molecule is Cc1ccc(C(=O)N2CCOCC2)cc1NC(=O)CC1CSCCN1.Cl. The molecule has 2 heterocycles. The molecule has 144 valence electrons. The van der Waals surface area contributed by atoms with Crippen LogP contribution in [-0.2, 0) is 9.53 Å². The Bertz CT molecular complexity index is 632. The van der Waals surface area contributed by atoms with Gasteiger partial charge in [-0.25, -0.2) is 0 Å². The molecule has 1 atom stereocenters. The summed E-state index contributed by atoms with van der Waals surface area (Å²) in [5, 5.41) is 6.34. The summed E-state index contributed by atoms with van der Waals surface area (Å²) >= 11 is 1.87. The van der Waals surface area contributed by atoms with E-state index in [-0.39, 0.29) is 30.3 Å². The van der Waals surface area contributed by atoms with Crippen LogP contribution in [0.4, 0.5) is 5.69 Å². The summed E-state index contributed by atoms with van der Waals surface area (Å²) in [6, 6.07) is 5.71. The Morgan fingerprint density at radius 3 is 2.81 bits per heavy atom. The van der Waals surface area contributed by atoms with Crippen LogP contribution >= 0.6 is 24.2 Å². The lowest BCUT2D eigenvalue weighted by Crippen LogP contribution is -2.40. The van der Waals surface area contributed by atoms with Crippen molar-refractivity contribution in [2.75, 3.05) is 49.7 Å². The minimum absolute atomic E-state index is 0. The zero-order chi connectivity index (χ0) is 17.6. The molecule has 0 spiro atoms. The number of aryl methyl sites for hydroxylation is 1. The standard InChI is InChI=1S/C18H25N3O3S.ClH/c1-13-2-3-14(18(23)21-5-7-24-8-6-21)10-16(13)20-17(22)11-15-12-25-9-4-19-15;/h2-3,10,15,19H,4-9,11-12H2,1H3,(H,20,22);1H. The van der Waals surface area contributed by atoms with Gasteiger partial charge in [0.2, 0.25) is 5.91 Å². The van der Waals surface area contributed by atoms with Crippen molar-refractivity contribution in [2.24, 2.45) is 0 Å². The summed E-state index contributed by atoms with van der Waals surface area (Å²) in [6.07, 6.45) is 0.452. The third kappa shape index (κ3) is 5.61. The summed E-state index contributed by atoms with van der Waals surface area (Å²) in [7, 11) is 0. The number of thioether (sulfide) groups is 1. The lowest BCUT2D eigenvalue weighted by atomic mass is 10.1. The van der Waals surface area contributed by atoms with Crippen LogP contribution in [0.25, 0.3) is 0 Å². The number of benzene rings is 1. The van der Waals surface area contributed by atoms with Gasteiger partial charge in [0, 0.05) is 54.9 Å². The number of carbonyl (C=O) groups is 2. The Morgan fingerprint density at radius 2 is 2.12 bits per heavy atom. The molecule has 6 nitrogen and oxygen atoms in total. The first-order valence-corrected chi connectivity index (χ1v) is 9.87. The van der Waals surface area contributed by atoms with Crippen LogP contribution in [0.5, 0.6) is 0 Å².